The molecule has 2 atom stereocenters. The Labute approximate surface area is 147 Å². The van der Waals surface area contributed by atoms with Gasteiger partial charge in [0.05, 0.1) is 11.8 Å². The SMILES string of the molecule is CO[C@H]1CC[C@@](F)(C(=O)NCc2ccc(F)c(F)c2F)c2cccnc21. The Hall–Kier alpha value is -2.48. The summed E-state index contributed by atoms with van der Waals surface area (Å²) in [4.78, 5) is 16.6. The fraction of sp³-hybridized carbons (Fsp3) is 0.333. The third kappa shape index (κ3) is 3.05. The Kier molecular flexibility index (Phi) is 4.95. The van der Waals surface area contributed by atoms with Crippen molar-refractivity contribution in [3.63, 3.8) is 0 Å². The lowest BCUT2D eigenvalue weighted by Crippen LogP contribution is -2.44. The first-order valence-corrected chi connectivity index (χ1v) is 7.96. The van der Waals surface area contributed by atoms with Gasteiger partial charge in [-0.05, 0) is 25.0 Å². The smallest absolute Gasteiger partial charge is 0.262 e. The van der Waals surface area contributed by atoms with Crippen molar-refractivity contribution in [3.8, 4) is 0 Å². The third-order valence-electron chi connectivity index (χ3n) is 4.52. The molecular weight excluding hydrogens is 352 g/mol. The second-order valence-electron chi connectivity index (χ2n) is 6.02. The van der Waals surface area contributed by atoms with Gasteiger partial charge in [-0.15, -0.1) is 0 Å². The van der Waals surface area contributed by atoms with Crippen molar-refractivity contribution in [1.29, 1.82) is 0 Å². The van der Waals surface area contributed by atoms with E-state index in [1.54, 1.807) is 0 Å². The zero-order chi connectivity index (χ0) is 18.9. The van der Waals surface area contributed by atoms with Crippen LogP contribution in [0.2, 0.25) is 0 Å². The van der Waals surface area contributed by atoms with Gasteiger partial charge in [0.1, 0.15) is 0 Å². The fourth-order valence-electron chi connectivity index (χ4n) is 3.09. The van der Waals surface area contributed by atoms with Gasteiger partial charge < -0.3 is 10.1 Å². The molecule has 1 heterocycles. The number of benzene rings is 1. The van der Waals surface area contributed by atoms with Crippen LogP contribution in [0.25, 0.3) is 0 Å². The van der Waals surface area contributed by atoms with Gasteiger partial charge in [-0.3, -0.25) is 9.78 Å². The number of alkyl halides is 1. The molecule has 4 nitrogen and oxygen atoms in total. The number of halogens is 4. The number of aromatic nitrogens is 1. The lowest BCUT2D eigenvalue weighted by molar-refractivity contribution is -0.135. The van der Waals surface area contributed by atoms with Gasteiger partial charge in [0, 0.05) is 31.0 Å². The van der Waals surface area contributed by atoms with Gasteiger partial charge in [-0.2, -0.15) is 0 Å². The first kappa shape index (κ1) is 18.3. The summed E-state index contributed by atoms with van der Waals surface area (Å²) in [6.45, 7) is -0.475. The Morgan fingerprint density at radius 1 is 1.31 bits per heavy atom. The predicted octanol–water partition coefficient (Wildman–Crippen LogP) is 3.46. The minimum atomic E-state index is -2.37. The number of nitrogens with zero attached hydrogens (tertiary/aromatic N) is 1. The van der Waals surface area contributed by atoms with Crippen LogP contribution in [-0.2, 0) is 21.7 Å². The summed E-state index contributed by atoms with van der Waals surface area (Å²) in [6.07, 6.45) is 1.15. The van der Waals surface area contributed by atoms with E-state index in [1.165, 1.54) is 25.4 Å². The number of rotatable bonds is 4. The van der Waals surface area contributed by atoms with Gasteiger partial charge >= 0.3 is 0 Å². The predicted molar refractivity (Wildman–Crippen MR) is 84.2 cm³/mol. The molecule has 1 N–H and O–H groups in total. The molecule has 3 rings (SSSR count). The fourth-order valence-corrected chi connectivity index (χ4v) is 3.09. The molecule has 0 unspecified atom stereocenters. The molecule has 0 radical (unpaired) electrons. The van der Waals surface area contributed by atoms with Crippen LogP contribution in [0.5, 0.6) is 0 Å². The van der Waals surface area contributed by atoms with E-state index in [9.17, 15) is 18.0 Å². The van der Waals surface area contributed by atoms with Crippen LogP contribution in [0, 0.1) is 17.5 Å². The minimum absolute atomic E-state index is 0.0846. The molecule has 1 aliphatic carbocycles. The molecule has 1 aliphatic rings. The standard InChI is InChI=1S/C18H16F4N2O2/c1-26-13-6-7-18(22,11-3-2-8-23-16(11)13)17(25)24-9-10-4-5-12(19)15(21)14(10)20/h2-5,8,13H,6-7,9H2,1H3,(H,24,25)/t13-,18-/m0/s1. The molecule has 0 saturated heterocycles. The highest BCUT2D eigenvalue weighted by atomic mass is 19.2. The molecule has 0 aliphatic heterocycles. The highest BCUT2D eigenvalue weighted by Gasteiger charge is 2.47. The highest BCUT2D eigenvalue weighted by Crippen LogP contribution is 2.43. The number of fused-ring (bicyclic) bond motifs is 1. The Morgan fingerprint density at radius 3 is 2.81 bits per heavy atom. The Morgan fingerprint density at radius 2 is 2.08 bits per heavy atom. The van der Waals surface area contributed by atoms with Crippen LogP contribution in [0.1, 0.15) is 35.8 Å². The molecule has 1 aromatic heterocycles. The van der Waals surface area contributed by atoms with E-state index in [1.807, 2.05) is 0 Å². The average Bonchev–Trinajstić information content (AvgIpc) is 2.66. The van der Waals surface area contributed by atoms with Gasteiger partial charge in [-0.25, -0.2) is 17.6 Å². The van der Waals surface area contributed by atoms with E-state index in [0.29, 0.717) is 5.69 Å². The number of carbonyl (C=O) groups excluding carboxylic acids is 1. The summed E-state index contributed by atoms with van der Waals surface area (Å²) >= 11 is 0. The zero-order valence-electron chi connectivity index (χ0n) is 13.9. The minimum Gasteiger partial charge on any atom is -0.375 e. The summed E-state index contributed by atoms with van der Waals surface area (Å²) < 4.78 is 60.7. The van der Waals surface area contributed by atoms with Crippen LogP contribution in [-0.4, -0.2) is 18.0 Å². The van der Waals surface area contributed by atoms with E-state index in [2.05, 4.69) is 10.3 Å². The molecule has 8 heteroatoms. The van der Waals surface area contributed by atoms with Gasteiger partial charge in [0.2, 0.25) is 5.67 Å². The van der Waals surface area contributed by atoms with Crippen molar-refractivity contribution < 1.29 is 27.1 Å². The van der Waals surface area contributed by atoms with Crippen LogP contribution >= 0.6 is 0 Å². The summed E-state index contributed by atoms with van der Waals surface area (Å²) in [5, 5.41) is 2.26. The third-order valence-corrected chi connectivity index (χ3v) is 4.52. The van der Waals surface area contributed by atoms with E-state index >= 15 is 4.39 Å². The molecule has 0 fully saturated rings. The van der Waals surface area contributed by atoms with E-state index in [4.69, 9.17) is 4.74 Å². The van der Waals surface area contributed by atoms with E-state index < -0.39 is 41.7 Å². The summed E-state index contributed by atoms with van der Waals surface area (Å²) in [7, 11) is 1.47. The molecule has 26 heavy (non-hydrogen) atoms. The van der Waals surface area contributed by atoms with Crippen molar-refractivity contribution in [3.05, 3.63) is 64.7 Å². The maximum atomic E-state index is 15.5. The maximum Gasteiger partial charge on any atom is 0.262 e. The average molecular weight is 368 g/mol. The van der Waals surface area contributed by atoms with Crippen molar-refractivity contribution in [2.24, 2.45) is 0 Å². The molecule has 0 spiro atoms. The van der Waals surface area contributed by atoms with Crippen molar-refractivity contribution in [2.75, 3.05) is 7.11 Å². The lowest BCUT2D eigenvalue weighted by atomic mass is 9.81. The van der Waals surface area contributed by atoms with Gasteiger partial charge in [-0.1, -0.05) is 12.1 Å². The van der Waals surface area contributed by atoms with Crippen molar-refractivity contribution in [1.82, 2.24) is 10.3 Å². The zero-order valence-corrected chi connectivity index (χ0v) is 13.9. The van der Waals surface area contributed by atoms with Gasteiger partial charge in [0.15, 0.2) is 17.5 Å². The van der Waals surface area contributed by atoms with Gasteiger partial charge in [0.25, 0.3) is 5.91 Å². The number of ether oxygens (including phenoxy) is 1. The van der Waals surface area contributed by atoms with E-state index in [-0.39, 0.29) is 24.0 Å². The van der Waals surface area contributed by atoms with Crippen LogP contribution in [0.4, 0.5) is 17.6 Å². The molecule has 0 bridgehead atoms. The number of amides is 1. The lowest BCUT2D eigenvalue weighted by Gasteiger charge is -2.33. The van der Waals surface area contributed by atoms with Crippen LogP contribution in [0.3, 0.4) is 0 Å². The first-order valence-electron chi connectivity index (χ1n) is 7.96. The Balaban J connectivity index is 1.83. The second-order valence-corrected chi connectivity index (χ2v) is 6.02. The van der Waals surface area contributed by atoms with Crippen molar-refractivity contribution >= 4 is 5.91 Å². The second kappa shape index (κ2) is 7.03. The maximum absolute atomic E-state index is 15.5. The number of methoxy groups -OCH3 is 1. The number of hydrogen-bond donors (Lipinski definition) is 1. The normalized spacial score (nSPS) is 22.0. The first-order chi connectivity index (χ1) is 12.4. The molecule has 1 amide bonds. The van der Waals surface area contributed by atoms with Crippen LogP contribution in [0.15, 0.2) is 30.5 Å². The quantitative estimate of drug-likeness (QED) is 0.664. The van der Waals surface area contributed by atoms with Crippen molar-refractivity contribution in [2.45, 2.75) is 31.2 Å². The highest BCUT2D eigenvalue weighted by molar-refractivity contribution is 5.87. The Bertz CT molecular complexity index is 846. The molecule has 1 aromatic carbocycles. The molecule has 138 valence electrons. The molecular formula is C18H16F4N2O2. The largest absolute Gasteiger partial charge is 0.375 e. The molecule has 0 saturated carbocycles. The number of hydrogen-bond acceptors (Lipinski definition) is 3. The molecule has 2 aromatic rings. The number of nitrogens with one attached hydrogen (secondary N) is 1. The summed E-state index contributed by atoms with van der Waals surface area (Å²) in [5.74, 6) is -5.38. The van der Waals surface area contributed by atoms with Crippen LogP contribution < -0.4 is 5.32 Å². The number of pyridine rings is 1. The topological polar surface area (TPSA) is 51.2 Å². The van der Waals surface area contributed by atoms with E-state index in [0.717, 1.165) is 12.1 Å². The monoisotopic (exact) mass is 368 g/mol. The summed E-state index contributed by atoms with van der Waals surface area (Å²) in [6, 6.07) is 4.70. The summed E-state index contributed by atoms with van der Waals surface area (Å²) in [5.41, 5.74) is -2.23. The number of carbonyl (C=O) groups is 1.